The molecule has 0 aliphatic carbocycles. The zero-order valence-electron chi connectivity index (χ0n) is 30.4. The first-order valence-electron chi connectivity index (χ1n) is 17.5. The van der Waals surface area contributed by atoms with E-state index in [0.717, 1.165) is 48.1 Å². The number of nitrogens with zero attached hydrogens (tertiary/aromatic N) is 3. The normalized spacial score (nSPS) is 17.3. The summed E-state index contributed by atoms with van der Waals surface area (Å²) in [5.41, 5.74) is 5.80. The molecule has 3 aliphatic rings. The molecule has 2 saturated heterocycles. The molecule has 4 heterocycles. The minimum Gasteiger partial charge on any atom is -0.480 e. The molecule has 1 atom stereocenters. The summed E-state index contributed by atoms with van der Waals surface area (Å²) in [6.07, 6.45) is 2.12. The highest BCUT2D eigenvalue weighted by Crippen LogP contribution is 2.37. The van der Waals surface area contributed by atoms with Crippen molar-refractivity contribution >= 4 is 51.7 Å². The van der Waals surface area contributed by atoms with Gasteiger partial charge in [0.15, 0.2) is 23.3 Å². The quantitative estimate of drug-likeness (QED) is 0.215. The largest absolute Gasteiger partial charge is 0.480 e. The third-order valence-electron chi connectivity index (χ3n) is 9.14. The summed E-state index contributed by atoms with van der Waals surface area (Å²) in [6, 6.07) is 3.69. The van der Waals surface area contributed by atoms with Crippen molar-refractivity contribution in [3.8, 4) is 17.0 Å². The van der Waals surface area contributed by atoms with Crippen LogP contribution < -0.4 is 26.0 Å². The van der Waals surface area contributed by atoms with Crippen molar-refractivity contribution in [1.29, 1.82) is 0 Å². The number of nitrogens with two attached hydrogens (primary N) is 1. The van der Waals surface area contributed by atoms with Crippen LogP contribution in [0.15, 0.2) is 29.6 Å². The molecule has 4 N–H and O–H groups in total. The summed E-state index contributed by atoms with van der Waals surface area (Å²) < 4.78 is 52.6. The number of aromatic nitrogens is 1. The van der Waals surface area contributed by atoms with Crippen LogP contribution in [0, 0.1) is 28.8 Å². The van der Waals surface area contributed by atoms with Gasteiger partial charge in [-0.1, -0.05) is 34.1 Å². The molecule has 0 saturated carbocycles. The van der Waals surface area contributed by atoms with E-state index >= 15 is 0 Å². The number of fused-ring (bicyclic) bond motifs is 1. The molecule has 290 valence electrons. The molecule has 13 nitrogen and oxygen atoms in total. The predicted octanol–water partition coefficient (Wildman–Crippen LogP) is 4.89. The molecule has 0 spiro atoms. The molecule has 2 aromatic carbocycles. The molecule has 1 aromatic heterocycles. The Morgan fingerprint density at radius 3 is 2.41 bits per heavy atom. The van der Waals surface area contributed by atoms with E-state index in [0.29, 0.717) is 31.4 Å². The average Bonchev–Trinajstić information content (AvgIpc) is 3.70. The molecule has 6 rings (SSSR count). The first-order chi connectivity index (χ1) is 25.6. The second kappa shape index (κ2) is 17.0. The maximum Gasteiger partial charge on any atom is 0.262 e. The molecule has 3 aliphatic heterocycles. The van der Waals surface area contributed by atoms with E-state index in [2.05, 4.69) is 48.2 Å². The van der Waals surface area contributed by atoms with Crippen molar-refractivity contribution in [2.45, 2.75) is 59.4 Å². The first-order valence-corrected chi connectivity index (χ1v) is 18.4. The number of benzene rings is 2. The molecule has 2 fully saturated rings. The number of piperidine rings is 1. The van der Waals surface area contributed by atoms with Gasteiger partial charge >= 0.3 is 0 Å². The number of halogens is 3. The number of imide groups is 2. The van der Waals surface area contributed by atoms with Gasteiger partial charge in [0.05, 0.1) is 35.7 Å². The minimum absolute atomic E-state index is 0.0381. The highest BCUT2D eigenvalue weighted by atomic mass is 32.1. The van der Waals surface area contributed by atoms with Crippen LogP contribution in [-0.2, 0) is 19.1 Å². The van der Waals surface area contributed by atoms with Crippen LogP contribution in [0.3, 0.4) is 0 Å². The van der Waals surface area contributed by atoms with Crippen LogP contribution in [-0.4, -0.2) is 84.9 Å². The number of carbonyl (C=O) groups is 5. The summed E-state index contributed by atoms with van der Waals surface area (Å²) in [7, 11) is 0. The van der Waals surface area contributed by atoms with Gasteiger partial charge in [-0.3, -0.25) is 34.2 Å². The topological polar surface area (TPSA) is 173 Å². The lowest BCUT2D eigenvalue weighted by Crippen LogP contribution is -2.54. The number of primary amides is 1. The molecule has 1 unspecified atom stereocenters. The van der Waals surface area contributed by atoms with Gasteiger partial charge in [0.2, 0.25) is 17.6 Å². The maximum absolute atomic E-state index is 14.7. The van der Waals surface area contributed by atoms with Crippen molar-refractivity contribution in [2.24, 2.45) is 17.1 Å². The number of morpholine rings is 1. The van der Waals surface area contributed by atoms with Gasteiger partial charge in [-0.05, 0) is 48.4 Å². The van der Waals surface area contributed by atoms with Crippen LogP contribution in [0.25, 0.3) is 11.3 Å². The number of ether oxygens (including phenoxy) is 2. The standard InChI is InChI=1S/C22H28FN3O4.C15H15F2N3O3S/c1-12(2)7-8-22(3,4)11-24-16-10-14-13(9-15(16)23)20(29)26(21(14)30)17-5-6-18(27)25-19(17)28;16-10-2-1-9(14(13(10)17)23-7-12(18)21)11-8-24-15(19-11)20-3-5-22-6-4-20/h9-10,12,17,24H,5-8,11H2,1-4H3,(H,25,27,28);1-2,8H,3-7H2,(H2,18,21). The number of carbonyl (C=O) groups excluding carboxylic acids is 5. The first kappa shape index (κ1) is 40.2. The van der Waals surface area contributed by atoms with Gasteiger partial charge in [0, 0.05) is 37.0 Å². The van der Waals surface area contributed by atoms with Crippen LogP contribution in [0.5, 0.6) is 5.75 Å². The number of anilines is 2. The summed E-state index contributed by atoms with van der Waals surface area (Å²) >= 11 is 1.39. The Labute approximate surface area is 314 Å². The van der Waals surface area contributed by atoms with Crippen molar-refractivity contribution in [2.75, 3.05) is 49.7 Å². The van der Waals surface area contributed by atoms with Gasteiger partial charge in [0.25, 0.3) is 17.7 Å². The van der Waals surface area contributed by atoms with Gasteiger partial charge in [0.1, 0.15) is 11.9 Å². The highest BCUT2D eigenvalue weighted by molar-refractivity contribution is 7.14. The SMILES string of the molecule is CC(C)CCC(C)(C)CNc1cc2c(cc1F)C(=O)N(C1CCC(=O)NC1=O)C2=O.NC(=O)COc1c(-c2csc(N3CCOCC3)n2)ccc(F)c1F. The van der Waals surface area contributed by atoms with E-state index < -0.39 is 59.6 Å². The van der Waals surface area contributed by atoms with Crippen LogP contribution >= 0.6 is 11.3 Å². The third kappa shape index (κ3) is 9.36. The van der Waals surface area contributed by atoms with E-state index in [1.807, 2.05) is 0 Å². The molecular weight excluding hydrogens is 730 g/mol. The highest BCUT2D eigenvalue weighted by Gasteiger charge is 2.45. The lowest BCUT2D eigenvalue weighted by molar-refractivity contribution is -0.136. The minimum atomic E-state index is -1.17. The molecule has 0 bridgehead atoms. The summed E-state index contributed by atoms with van der Waals surface area (Å²) in [5, 5.41) is 7.71. The molecule has 5 amide bonds. The number of hydrogen-bond acceptors (Lipinski definition) is 11. The van der Waals surface area contributed by atoms with E-state index in [-0.39, 0.29) is 46.4 Å². The van der Waals surface area contributed by atoms with Crippen molar-refractivity contribution in [3.63, 3.8) is 0 Å². The second-order valence-electron chi connectivity index (χ2n) is 14.4. The summed E-state index contributed by atoms with van der Waals surface area (Å²) in [6.45, 7) is 11.1. The monoisotopic (exact) mass is 772 g/mol. The van der Waals surface area contributed by atoms with Crippen molar-refractivity contribution in [1.82, 2.24) is 15.2 Å². The average molecular weight is 773 g/mol. The zero-order valence-corrected chi connectivity index (χ0v) is 31.2. The van der Waals surface area contributed by atoms with Gasteiger partial charge in [-0.2, -0.15) is 4.39 Å². The van der Waals surface area contributed by atoms with E-state index in [1.54, 1.807) is 5.38 Å². The number of hydrogen-bond donors (Lipinski definition) is 3. The van der Waals surface area contributed by atoms with Crippen molar-refractivity contribution < 1.29 is 46.6 Å². The Morgan fingerprint density at radius 2 is 1.76 bits per heavy atom. The Kier molecular flexibility index (Phi) is 12.6. The smallest absolute Gasteiger partial charge is 0.262 e. The van der Waals surface area contributed by atoms with E-state index in [9.17, 15) is 37.1 Å². The van der Waals surface area contributed by atoms with E-state index in [4.69, 9.17) is 15.2 Å². The molecular formula is C37H43F3N6O7S. The molecule has 3 aromatic rings. The fourth-order valence-corrected chi connectivity index (χ4v) is 6.91. The number of amides is 5. The van der Waals surface area contributed by atoms with Crippen LogP contribution in [0.1, 0.15) is 74.1 Å². The van der Waals surface area contributed by atoms with Crippen LogP contribution in [0.2, 0.25) is 0 Å². The maximum atomic E-state index is 14.7. The van der Waals surface area contributed by atoms with Crippen molar-refractivity contribution in [3.05, 3.63) is 58.2 Å². The van der Waals surface area contributed by atoms with Crippen LogP contribution in [0.4, 0.5) is 24.0 Å². The second-order valence-corrected chi connectivity index (χ2v) is 15.2. The Bertz CT molecular complexity index is 1930. The van der Waals surface area contributed by atoms with Gasteiger partial charge in [-0.25, -0.2) is 13.8 Å². The number of nitrogens with one attached hydrogen (secondary N) is 2. The zero-order chi connectivity index (χ0) is 39.3. The Morgan fingerprint density at radius 1 is 1.07 bits per heavy atom. The lowest BCUT2D eigenvalue weighted by atomic mass is 9.85. The number of thiazole rings is 1. The Balaban J connectivity index is 0.000000213. The third-order valence-corrected chi connectivity index (χ3v) is 10.0. The lowest BCUT2D eigenvalue weighted by Gasteiger charge is -2.27. The van der Waals surface area contributed by atoms with Gasteiger partial charge in [-0.15, -0.1) is 11.3 Å². The fourth-order valence-electron chi connectivity index (χ4n) is 6.03. The van der Waals surface area contributed by atoms with Gasteiger partial charge < -0.3 is 25.4 Å². The Hall–Kier alpha value is -5.03. The molecule has 17 heteroatoms. The van der Waals surface area contributed by atoms with E-state index in [1.165, 1.54) is 23.5 Å². The summed E-state index contributed by atoms with van der Waals surface area (Å²) in [5.74, 6) is -5.93. The number of rotatable bonds is 12. The molecule has 0 radical (unpaired) electrons. The molecule has 54 heavy (non-hydrogen) atoms. The predicted molar refractivity (Wildman–Crippen MR) is 195 cm³/mol. The summed E-state index contributed by atoms with van der Waals surface area (Å²) in [4.78, 5) is 67.3. The fraction of sp³-hybridized carbons (Fsp3) is 0.459.